The van der Waals surface area contributed by atoms with Crippen LogP contribution in [0.5, 0.6) is 5.75 Å². The first kappa shape index (κ1) is 14.7. The molecule has 0 aromatic carbocycles. The van der Waals surface area contributed by atoms with Gasteiger partial charge in [0.1, 0.15) is 5.75 Å². The van der Waals surface area contributed by atoms with Gasteiger partial charge in [0, 0.05) is 35.7 Å². The molecule has 3 nitrogen and oxygen atoms in total. The van der Waals surface area contributed by atoms with Crippen LogP contribution in [-0.2, 0) is 6.54 Å². The van der Waals surface area contributed by atoms with Gasteiger partial charge in [0.2, 0.25) is 0 Å². The molecule has 1 aliphatic carbocycles. The SMILES string of the molecule is COc1c(C)cnc(CN2CCC3(CC2)CC3(F)F)c1C. The minimum Gasteiger partial charge on any atom is -0.496 e. The van der Waals surface area contributed by atoms with Crippen molar-refractivity contribution in [3.63, 3.8) is 0 Å². The van der Waals surface area contributed by atoms with E-state index < -0.39 is 11.3 Å². The molecule has 0 radical (unpaired) electrons. The van der Waals surface area contributed by atoms with Crippen molar-refractivity contribution in [2.45, 2.75) is 45.6 Å². The van der Waals surface area contributed by atoms with Crippen LogP contribution >= 0.6 is 0 Å². The third-order valence-electron chi connectivity index (χ3n) is 5.15. The number of alkyl halides is 2. The summed E-state index contributed by atoms with van der Waals surface area (Å²) in [5.74, 6) is -1.54. The van der Waals surface area contributed by atoms with E-state index in [-0.39, 0.29) is 6.42 Å². The first-order valence-electron chi connectivity index (χ1n) is 7.48. The number of halogens is 2. The first-order chi connectivity index (χ1) is 9.88. The molecule has 1 aliphatic heterocycles. The minimum absolute atomic E-state index is 0.0868. The Hall–Kier alpha value is -1.23. The second-order valence-corrected chi connectivity index (χ2v) is 6.48. The molecular formula is C16H22F2N2O. The van der Waals surface area contributed by atoms with Gasteiger partial charge in [-0.2, -0.15) is 0 Å². The second-order valence-electron chi connectivity index (χ2n) is 6.48. The van der Waals surface area contributed by atoms with Crippen molar-refractivity contribution in [2.75, 3.05) is 20.2 Å². The molecule has 1 saturated heterocycles. The Morgan fingerprint density at radius 2 is 1.90 bits per heavy atom. The maximum Gasteiger partial charge on any atom is 0.254 e. The molecule has 2 aliphatic rings. The molecule has 0 bridgehead atoms. The van der Waals surface area contributed by atoms with Crippen molar-refractivity contribution < 1.29 is 13.5 Å². The fourth-order valence-electron chi connectivity index (χ4n) is 3.50. The molecule has 3 rings (SSSR count). The lowest BCUT2D eigenvalue weighted by atomic mass is 9.92. The summed E-state index contributed by atoms with van der Waals surface area (Å²) in [5, 5.41) is 0. The molecule has 2 fully saturated rings. The van der Waals surface area contributed by atoms with Gasteiger partial charge in [-0.05, 0) is 39.8 Å². The van der Waals surface area contributed by atoms with Gasteiger partial charge >= 0.3 is 0 Å². The van der Waals surface area contributed by atoms with Crippen molar-refractivity contribution in [1.29, 1.82) is 0 Å². The standard InChI is InChI=1S/C16H22F2N2O/c1-11-8-19-13(12(2)14(11)21-3)9-20-6-4-15(5-7-20)10-16(15,17)18/h8H,4-7,9-10H2,1-3H3. The minimum atomic E-state index is -2.42. The topological polar surface area (TPSA) is 25.4 Å². The number of methoxy groups -OCH3 is 1. The number of pyridine rings is 1. The Labute approximate surface area is 124 Å². The van der Waals surface area contributed by atoms with Gasteiger partial charge in [0.15, 0.2) is 0 Å². The summed E-state index contributed by atoms with van der Waals surface area (Å²) in [6.45, 7) is 6.15. The van der Waals surface area contributed by atoms with Gasteiger partial charge in [-0.15, -0.1) is 0 Å². The molecule has 1 saturated carbocycles. The molecule has 0 N–H and O–H groups in total. The molecule has 1 aromatic heterocycles. The van der Waals surface area contributed by atoms with Crippen molar-refractivity contribution in [3.8, 4) is 5.75 Å². The third kappa shape index (κ3) is 2.41. The summed E-state index contributed by atoms with van der Waals surface area (Å²) in [6.07, 6.45) is 3.11. The summed E-state index contributed by atoms with van der Waals surface area (Å²) in [4.78, 5) is 6.72. The van der Waals surface area contributed by atoms with E-state index in [9.17, 15) is 8.78 Å². The van der Waals surface area contributed by atoms with Crippen molar-refractivity contribution in [1.82, 2.24) is 9.88 Å². The second kappa shape index (κ2) is 4.90. The van der Waals surface area contributed by atoms with Crippen LogP contribution in [0.3, 0.4) is 0 Å². The fourth-order valence-corrected chi connectivity index (χ4v) is 3.50. The van der Waals surface area contributed by atoms with Gasteiger partial charge < -0.3 is 4.74 Å². The molecule has 1 spiro atoms. The Morgan fingerprint density at radius 1 is 1.29 bits per heavy atom. The zero-order chi connectivity index (χ0) is 15.3. The Morgan fingerprint density at radius 3 is 2.43 bits per heavy atom. The molecule has 116 valence electrons. The largest absolute Gasteiger partial charge is 0.496 e. The van der Waals surface area contributed by atoms with Crippen LogP contribution in [0.1, 0.15) is 36.1 Å². The van der Waals surface area contributed by atoms with Crippen molar-refractivity contribution in [3.05, 3.63) is 23.0 Å². The average molecular weight is 296 g/mol. The molecule has 1 aromatic rings. The van der Waals surface area contributed by atoms with E-state index >= 15 is 0 Å². The number of ether oxygens (including phenoxy) is 1. The number of hydrogen-bond acceptors (Lipinski definition) is 3. The fraction of sp³-hybridized carbons (Fsp3) is 0.688. The molecule has 21 heavy (non-hydrogen) atoms. The first-order valence-corrected chi connectivity index (χ1v) is 7.48. The summed E-state index contributed by atoms with van der Waals surface area (Å²) >= 11 is 0. The van der Waals surface area contributed by atoms with Crippen LogP contribution in [0.15, 0.2) is 6.20 Å². The highest BCUT2D eigenvalue weighted by molar-refractivity contribution is 5.41. The van der Waals surface area contributed by atoms with Crippen LogP contribution in [0.4, 0.5) is 8.78 Å². The smallest absolute Gasteiger partial charge is 0.254 e. The number of rotatable bonds is 3. The number of nitrogens with zero attached hydrogens (tertiary/aromatic N) is 2. The molecule has 0 atom stereocenters. The molecule has 0 amide bonds. The highest BCUT2D eigenvalue weighted by Gasteiger charge is 2.70. The number of hydrogen-bond donors (Lipinski definition) is 0. The molecule has 2 heterocycles. The number of aryl methyl sites for hydroxylation is 1. The summed E-state index contributed by atoms with van der Waals surface area (Å²) in [5.41, 5.74) is 2.37. The predicted molar refractivity (Wildman–Crippen MR) is 76.8 cm³/mol. The highest BCUT2D eigenvalue weighted by atomic mass is 19.3. The van der Waals surface area contributed by atoms with Crippen molar-refractivity contribution >= 4 is 0 Å². The molecule has 5 heteroatoms. The van der Waals surface area contributed by atoms with Crippen molar-refractivity contribution in [2.24, 2.45) is 5.41 Å². The van der Waals surface area contributed by atoms with Gasteiger partial charge in [0.05, 0.1) is 12.8 Å². The van der Waals surface area contributed by atoms with E-state index in [4.69, 9.17) is 4.74 Å². The molecular weight excluding hydrogens is 274 g/mol. The van der Waals surface area contributed by atoms with Gasteiger partial charge in [0.25, 0.3) is 5.92 Å². The number of aromatic nitrogens is 1. The lowest BCUT2D eigenvalue weighted by Gasteiger charge is -2.32. The van der Waals surface area contributed by atoms with Gasteiger partial charge in [-0.3, -0.25) is 9.88 Å². The zero-order valence-corrected chi connectivity index (χ0v) is 12.9. The third-order valence-corrected chi connectivity index (χ3v) is 5.15. The average Bonchev–Trinajstić information content (AvgIpc) is 2.97. The van der Waals surface area contributed by atoms with Gasteiger partial charge in [-0.1, -0.05) is 0 Å². The highest BCUT2D eigenvalue weighted by Crippen LogP contribution is 2.65. The summed E-state index contributed by atoms with van der Waals surface area (Å²) < 4.78 is 32.2. The zero-order valence-electron chi connectivity index (χ0n) is 12.9. The van der Waals surface area contributed by atoms with E-state index in [2.05, 4.69) is 9.88 Å². The normalized spacial score (nSPS) is 23.3. The number of likely N-dealkylation sites (tertiary alicyclic amines) is 1. The van der Waals surface area contributed by atoms with Gasteiger partial charge in [-0.25, -0.2) is 8.78 Å². The Kier molecular flexibility index (Phi) is 3.43. The van der Waals surface area contributed by atoms with E-state index in [0.717, 1.165) is 35.7 Å². The summed E-state index contributed by atoms with van der Waals surface area (Å²) in [7, 11) is 1.67. The quantitative estimate of drug-likeness (QED) is 0.855. The van der Waals surface area contributed by atoms with Crippen LogP contribution < -0.4 is 4.74 Å². The maximum atomic E-state index is 13.4. The van der Waals surface area contributed by atoms with E-state index in [1.807, 2.05) is 20.0 Å². The van der Waals surface area contributed by atoms with Crippen LogP contribution in [0.2, 0.25) is 0 Å². The van der Waals surface area contributed by atoms with E-state index in [0.29, 0.717) is 19.4 Å². The monoisotopic (exact) mass is 296 g/mol. The lowest BCUT2D eigenvalue weighted by molar-refractivity contribution is 0.0297. The van der Waals surface area contributed by atoms with E-state index in [1.165, 1.54) is 0 Å². The summed E-state index contributed by atoms with van der Waals surface area (Å²) in [6, 6.07) is 0. The van der Waals surface area contributed by atoms with Crippen LogP contribution in [-0.4, -0.2) is 36.0 Å². The Bertz CT molecular complexity index is 551. The Balaban J connectivity index is 1.66. The number of piperidine rings is 1. The molecule has 0 unspecified atom stereocenters. The van der Waals surface area contributed by atoms with Crippen LogP contribution in [0.25, 0.3) is 0 Å². The van der Waals surface area contributed by atoms with E-state index in [1.54, 1.807) is 7.11 Å². The van der Waals surface area contributed by atoms with Crippen LogP contribution in [0, 0.1) is 19.3 Å². The lowest BCUT2D eigenvalue weighted by Crippen LogP contribution is -2.36. The predicted octanol–water partition coefficient (Wildman–Crippen LogP) is 3.33. The maximum absolute atomic E-state index is 13.4.